The van der Waals surface area contributed by atoms with Gasteiger partial charge in [-0.25, -0.2) is 8.78 Å². The summed E-state index contributed by atoms with van der Waals surface area (Å²) in [7, 11) is 0. The van der Waals surface area contributed by atoms with Gasteiger partial charge >= 0.3 is 0 Å². The van der Waals surface area contributed by atoms with Crippen molar-refractivity contribution in [3.05, 3.63) is 65.7 Å². The number of halogens is 2. The predicted molar refractivity (Wildman–Crippen MR) is 84.1 cm³/mol. The molecule has 122 valence electrons. The van der Waals surface area contributed by atoms with Crippen LogP contribution in [0.5, 0.6) is 5.75 Å². The normalized spacial score (nSPS) is 13.2. The monoisotopic (exact) mass is 319 g/mol. The first kappa shape index (κ1) is 16.9. The van der Waals surface area contributed by atoms with Crippen molar-refractivity contribution in [3.63, 3.8) is 0 Å². The molecule has 2 atom stereocenters. The van der Waals surface area contributed by atoms with Gasteiger partial charge in [0.15, 0.2) is 17.7 Å². The van der Waals surface area contributed by atoms with Gasteiger partial charge < -0.3 is 10.1 Å². The average Bonchev–Trinajstić information content (AvgIpc) is 2.54. The highest BCUT2D eigenvalue weighted by atomic mass is 19.1. The molecule has 0 aliphatic heterocycles. The smallest absolute Gasteiger partial charge is 0.261 e. The molecule has 0 heterocycles. The highest BCUT2D eigenvalue weighted by Crippen LogP contribution is 2.19. The summed E-state index contributed by atoms with van der Waals surface area (Å²) in [5.74, 6) is -1.14. The van der Waals surface area contributed by atoms with Gasteiger partial charge in [-0.1, -0.05) is 31.2 Å². The van der Waals surface area contributed by atoms with Crippen LogP contribution in [0.2, 0.25) is 0 Å². The van der Waals surface area contributed by atoms with Crippen molar-refractivity contribution in [1.82, 2.24) is 5.32 Å². The SMILES string of the molecule is CC[C@H](Oc1ccccc1F)C(=O)N[C@H](C)c1ccc(F)cc1. The molecule has 0 spiro atoms. The predicted octanol–water partition coefficient (Wildman–Crippen LogP) is 4.00. The maximum absolute atomic E-state index is 13.6. The molecule has 2 rings (SSSR count). The number of carbonyl (C=O) groups excluding carboxylic acids is 1. The van der Waals surface area contributed by atoms with Crippen LogP contribution in [0.1, 0.15) is 31.9 Å². The number of rotatable bonds is 6. The third-order valence-electron chi connectivity index (χ3n) is 3.50. The molecule has 3 nitrogen and oxygen atoms in total. The molecule has 0 radical (unpaired) electrons. The minimum atomic E-state index is -0.796. The topological polar surface area (TPSA) is 38.3 Å². The third kappa shape index (κ3) is 4.52. The van der Waals surface area contributed by atoms with Gasteiger partial charge in [0.1, 0.15) is 5.82 Å². The summed E-state index contributed by atoms with van der Waals surface area (Å²) in [4.78, 5) is 12.3. The van der Waals surface area contributed by atoms with Crippen LogP contribution in [0.4, 0.5) is 8.78 Å². The largest absolute Gasteiger partial charge is 0.478 e. The first-order valence-electron chi connectivity index (χ1n) is 7.48. The van der Waals surface area contributed by atoms with E-state index in [2.05, 4.69) is 5.32 Å². The highest BCUT2D eigenvalue weighted by Gasteiger charge is 2.21. The molecule has 0 saturated carbocycles. The van der Waals surface area contributed by atoms with Crippen molar-refractivity contribution in [2.45, 2.75) is 32.4 Å². The van der Waals surface area contributed by atoms with Gasteiger partial charge in [0, 0.05) is 0 Å². The van der Waals surface area contributed by atoms with Gasteiger partial charge in [0.2, 0.25) is 0 Å². The Morgan fingerprint density at radius 2 is 1.78 bits per heavy atom. The van der Waals surface area contributed by atoms with Crippen molar-refractivity contribution in [2.24, 2.45) is 0 Å². The summed E-state index contributed by atoms with van der Waals surface area (Å²) < 4.78 is 32.0. The number of hydrogen-bond donors (Lipinski definition) is 1. The molecule has 2 aromatic rings. The second-order valence-electron chi connectivity index (χ2n) is 5.23. The molecule has 0 aromatic heterocycles. The Labute approximate surface area is 134 Å². The molecule has 0 aliphatic carbocycles. The van der Waals surface area contributed by atoms with E-state index in [1.54, 1.807) is 38.1 Å². The van der Waals surface area contributed by atoms with Gasteiger partial charge in [0.25, 0.3) is 5.91 Å². The fraction of sp³-hybridized carbons (Fsp3) is 0.278. The number of nitrogens with one attached hydrogen (secondary N) is 1. The first-order chi connectivity index (χ1) is 11.0. The summed E-state index contributed by atoms with van der Waals surface area (Å²) in [6.45, 7) is 3.58. The summed E-state index contributed by atoms with van der Waals surface area (Å²) >= 11 is 0. The number of para-hydroxylation sites is 1. The molecule has 0 bridgehead atoms. The van der Waals surface area contributed by atoms with Crippen molar-refractivity contribution in [2.75, 3.05) is 0 Å². The number of carbonyl (C=O) groups is 1. The lowest BCUT2D eigenvalue weighted by Crippen LogP contribution is -2.39. The first-order valence-corrected chi connectivity index (χ1v) is 7.48. The molecule has 0 saturated heterocycles. The van der Waals surface area contributed by atoms with Crippen LogP contribution in [-0.2, 0) is 4.79 Å². The van der Waals surface area contributed by atoms with E-state index in [1.165, 1.54) is 24.3 Å². The van der Waals surface area contributed by atoms with Crippen molar-refractivity contribution in [3.8, 4) is 5.75 Å². The Morgan fingerprint density at radius 1 is 1.13 bits per heavy atom. The molecule has 0 aliphatic rings. The van der Waals surface area contributed by atoms with Crippen LogP contribution in [0, 0.1) is 11.6 Å². The zero-order valence-corrected chi connectivity index (χ0v) is 13.1. The second kappa shape index (κ2) is 7.72. The van der Waals surface area contributed by atoms with Crippen LogP contribution in [0.15, 0.2) is 48.5 Å². The standard InChI is InChI=1S/C18H19F2NO2/c1-3-16(23-17-7-5-4-6-15(17)20)18(22)21-12(2)13-8-10-14(19)11-9-13/h4-12,16H,3H2,1-2H3,(H,21,22)/t12-,16+/m1/s1. The highest BCUT2D eigenvalue weighted by molar-refractivity contribution is 5.81. The maximum Gasteiger partial charge on any atom is 0.261 e. The van der Waals surface area contributed by atoms with Gasteiger partial charge in [-0.3, -0.25) is 4.79 Å². The molecular weight excluding hydrogens is 300 g/mol. The fourth-order valence-electron chi connectivity index (χ4n) is 2.16. The fourth-order valence-corrected chi connectivity index (χ4v) is 2.16. The third-order valence-corrected chi connectivity index (χ3v) is 3.50. The van der Waals surface area contributed by atoms with Gasteiger partial charge in [-0.2, -0.15) is 0 Å². The van der Waals surface area contributed by atoms with Crippen molar-refractivity contribution in [1.29, 1.82) is 0 Å². The van der Waals surface area contributed by atoms with Gasteiger partial charge in [-0.15, -0.1) is 0 Å². The van der Waals surface area contributed by atoms with E-state index in [0.717, 1.165) is 5.56 Å². The molecule has 23 heavy (non-hydrogen) atoms. The van der Waals surface area contributed by atoms with Crippen molar-refractivity contribution < 1.29 is 18.3 Å². The molecule has 0 fully saturated rings. The Morgan fingerprint density at radius 3 is 2.39 bits per heavy atom. The van der Waals surface area contributed by atoms with E-state index in [0.29, 0.717) is 6.42 Å². The van der Waals surface area contributed by atoms with Crippen LogP contribution >= 0.6 is 0 Å². The molecule has 1 amide bonds. The summed E-state index contributed by atoms with van der Waals surface area (Å²) in [6, 6.07) is 11.6. The lowest BCUT2D eigenvalue weighted by molar-refractivity contribution is -0.128. The van der Waals surface area contributed by atoms with Gasteiger partial charge in [0.05, 0.1) is 6.04 Å². The Bertz CT molecular complexity index is 658. The zero-order chi connectivity index (χ0) is 16.8. The van der Waals surface area contributed by atoms with E-state index in [1.807, 2.05) is 0 Å². The lowest BCUT2D eigenvalue weighted by atomic mass is 10.1. The number of ether oxygens (including phenoxy) is 1. The summed E-state index contributed by atoms with van der Waals surface area (Å²) in [5.41, 5.74) is 0.778. The van der Waals surface area contributed by atoms with E-state index in [-0.39, 0.29) is 23.5 Å². The number of amides is 1. The van der Waals surface area contributed by atoms with E-state index in [9.17, 15) is 13.6 Å². The minimum Gasteiger partial charge on any atom is -0.478 e. The molecule has 5 heteroatoms. The van der Waals surface area contributed by atoms with Crippen LogP contribution in [0.3, 0.4) is 0 Å². The Hall–Kier alpha value is -2.43. The zero-order valence-electron chi connectivity index (χ0n) is 13.1. The van der Waals surface area contributed by atoms with E-state index >= 15 is 0 Å². The minimum absolute atomic E-state index is 0.0453. The quantitative estimate of drug-likeness (QED) is 0.874. The van der Waals surface area contributed by atoms with Crippen LogP contribution in [0.25, 0.3) is 0 Å². The molecule has 2 aromatic carbocycles. The number of hydrogen-bond acceptors (Lipinski definition) is 2. The summed E-state index contributed by atoms with van der Waals surface area (Å²) in [5, 5.41) is 2.80. The Balaban J connectivity index is 2.02. The number of benzene rings is 2. The van der Waals surface area contributed by atoms with Crippen LogP contribution in [-0.4, -0.2) is 12.0 Å². The second-order valence-corrected chi connectivity index (χ2v) is 5.23. The Kier molecular flexibility index (Phi) is 5.68. The van der Waals surface area contributed by atoms with Crippen molar-refractivity contribution >= 4 is 5.91 Å². The maximum atomic E-state index is 13.6. The van der Waals surface area contributed by atoms with E-state index < -0.39 is 11.9 Å². The molecule has 0 unspecified atom stereocenters. The molecular formula is C18H19F2NO2. The molecule has 1 N–H and O–H groups in total. The average molecular weight is 319 g/mol. The van der Waals surface area contributed by atoms with Gasteiger partial charge in [-0.05, 0) is 43.2 Å². The lowest BCUT2D eigenvalue weighted by Gasteiger charge is -2.21. The summed E-state index contributed by atoms with van der Waals surface area (Å²) in [6.07, 6.45) is -0.397. The van der Waals surface area contributed by atoms with E-state index in [4.69, 9.17) is 4.74 Å². The van der Waals surface area contributed by atoms with Crippen LogP contribution < -0.4 is 10.1 Å².